The molecule has 0 bridgehead atoms. The highest BCUT2D eigenvalue weighted by Gasteiger charge is 2.21. The van der Waals surface area contributed by atoms with E-state index in [0.29, 0.717) is 0 Å². The van der Waals surface area contributed by atoms with Gasteiger partial charge in [-0.1, -0.05) is 23.2 Å². The molecule has 0 fully saturated rings. The number of hydrogen-bond donors (Lipinski definition) is 3. The molecule has 0 saturated carbocycles. The summed E-state index contributed by atoms with van der Waals surface area (Å²) >= 11 is 11.2. The van der Waals surface area contributed by atoms with Gasteiger partial charge in [-0.3, -0.25) is 10.0 Å². The quantitative estimate of drug-likeness (QED) is 0.551. The van der Waals surface area contributed by atoms with E-state index in [4.69, 9.17) is 33.5 Å². The Morgan fingerprint density at radius 1 is 1.27 bits per heavy atom. The van der Waals surface area contributed by atoms with Crippen LogP contribution < -0.4 is 5.48 Å². The van der Waals surface area contributed by atoms with Crippen molar-refractivity contribution >= 4 is 35.1 Å². The minimum atomic E-state index is -1.40. The smallest absolute Gasteiger partial charge is 0.338 e. The zero-order valence-corrected chi connectivity index (χ0v) is 8.63. The number of hydrogen-bond acceptors (Lipinski definition) is 3. The van der Waals surface area contributed by atoms with Crippen molar-refractivity contribution < 1.29 is 19.9 Å². The molecule has 7 heteroatoms. The number of nitrogens with one attached hydrogen (secondary N) is 1. The van der Waals surface area contributed by atoms with Gasteiger partial charge in [-0.2, -0.15) is 0 Å². The van der Waals surface area contributed by atoms with Gasteiger partial charge in [0.15, 0.2) is 0 Å². The molecule has 0 aromatic heterocycles. The zero-order valence-electron chi connectivity index (χ0n) is 7.12. The molecule has 0 heterocycles. The predicted molar refractivity (Wildman–Crippen MR) is 52.7 cm³/mol. The second-order valence-corrected chi connectivity index (χ2v) is 3.32. The summed E-state index contributed by atoms with van der Waals surface area (Å²) in [6, 6.07) is 2.42. The first-order valence-corrected chi connectivity index (χ1v) is 4.40. The Morgan fingerprint density at radius 2 is 1.87 bits per heavy atom. The summed E-state index contributed by atoms with van der Waals surface area (Å²) < 4.78 is 0. The molecule has 5 nitrogen and oxygen atoms in total. The van der Waals surface area contributed by atoms with Gasteiger partial charge in [0.1, 0.15) is 0 Å². The Kier molecular flexibility index (Phi) is 3.52. The van der Waals surface area contributed by atoms with Gasteiger partial charge in [0, 0.05) is 0 Å². The lowest BCUT2D eigenvalue weighted by Gasteiger charge is -2.06. The van der Waals surface area contributed by atoms with Crippen molar-refractivity contribution in [2.75, 3.05) is 0 Å². The number of rotatable bonds is 2. The number of carbonyl (C=O) groups excluding carboxylic acids is 1. The van der Waals surface area contributed by atoms with Crippen LogP contribution in [0, 0.1) is 0 Å². The first kappa shape index (κ1) is 11.8. The number of amides is 1. The minimum absolute atomic E-state index is 0.0172. The van der Waals surface area contributed by atoms with Crippen molar-refractivity contribution in [2.45, 2.75) is 0 Å². The van der Waals surface area contributed by atoms with E-state index in [1.807, 2.05) is 0 Å². The van der Waals surface area contributed by atoms with Crippen molar-refractivity contribution in [3.8, 4) is 0 Å². The standard InChI is InChI=1S/C8H5Cl2NO4/c9-4-2-1-3(7(12)11-15)5(6(4)10)8(13)14/h1-2,15H,(H,11,12)(H,13,14). The Bertz CT molecular complexity index is 433. The molecule has 1 aromatic rings. The number of carboxylic acid groups (broad SMARTS) is 1. The fourth-order valence-corrected chi connectivity index (χ4v) is 1.41. The van der Waals surface area contributed by atoms with Crippen LogP contribution >= 0.6 is 23.2 Å². The summed E-state index contributed by atoms with van der Waals surface area (Å²) in [6.07, 6.45) is 0. The van der Waals surface area contributed by atoms with Crippen LogP contribution in [0.3, 0.4) is 0 Å². The fourth-order valence-electron chi connectivity index (χ4n) is 1.01. The topological polar surface area (TPSA) is 86.6 Å². The molecule has 0 saturated heterocycles. The van der Waals surface area contributed by atoms with Gasteiger partial charge < -0.3 is 5.11 Å². The van der Waals surface area contributed by atoms with Gasteiger partial charge in [0.25, 0.3) is 5.91 Å². The lowest BCUT2D eigenvalue weighted by Crippen LogP contribution is -2.22. The molecule has 1 aromatic carbocycles. The van der Waals surface area contributed by atoms with Gasteiger partial charge >= 0.3 is 5.97 Å². The molecule has 1 amide bonds. The van der Waals surface area contributed by atoms with Crippen LogP contribution in [0.15, 0.2) is 12.1 Å². The van der Waals surface area contributed by atoms with Gasteiger partial charge in [-0.15, -0.1) is 0 Å². The predicted octanol–water partition coefficient (Wildman–Crippen LogP) is 1.81. The third-order valence-electron chi connectivity index (χ3n) is 1.65. The maximum absolute atomic E-state index is 11.1. The maximum Gasteiger partial charge on any atom is 0.338 e. The van der Waals surface area contributed by atoms with Crippen LogP contribution in [0.5, 0.6) is 0 Å². The Labute approximate surface area is 94.2 Å². The highest BCUT2D eigenvalue weighted by atomic mass is 35.5. The molecule has 0 aliphatic heterocycles. The molecule has 0 radical (unpaired) electrons. The zero-order chi connectivity index (χ0) is 11.6. The summed E-state index contributed by atoms with van der Waals surface area (Å²) in [5, 5.41) is 17.0. The van der Waals surface area contributed by atoms with Gasteiger partial charge in [-0.25, -0.2) is 10.3 Å². The highest BCUT2D eigenvalue weighted by molar-refractivity contribution is 6.44. The third kappa shape index (κ3) is 2.20. The average molecular weight is 250 g/mol. The van der Waals surface area contributed by atoms with Crippen LogP contribution in [0.2, 0.25) is 10.0 Å². The van der Waals surface area contributed by atoms with Crippen LogP contribution in [0.25, 0.3) is 0 Å². The lowest BCUT2D eigenvalue weighted by molar-refractivity contribution is 0.0662. The Morgan fingerprint density at radius 3 is 2.33 bits per heavy atom. The number of benzene rings is 1. The fraction of sp³-hybridized carbons (Fsp3) is 0. The average Bonchev–Trinajstić information content (AvgIpc) is 2.20. The Balaban J connectivity index is 3.46. The van der Waals surface area contributed by atoms with Crippen LogP contribution in [0.1, 0.15) is 20.7 Å². The van der Waals surface area contributed by atoms with E-state index >= 15 is 0 Å². The summed E-state index contributed by atoms with van der Waals surface area (Å²) in [5.74, 6) is -2.37. The molecule has 0 spiro atoms. The van der Waals surface area contributed by atoms with Gasteiger partial charge in [-0.05, 0) is 12.1 Å². The number of halogens is 2. The van der Waals surface area contributed by atoms with E-state index < -0.39 is 17.4 Å². The van der Waals surface area contributed by atoms with Crippen LogP contribution in [0.4, 0.5) is 0 Å². The van der Waals surface area contributed by atoms with Crippen molar-refractivity contribution in [1.29, 1.82) is 0 Å². The van der Waals surface area contributed by atoms with Crippen molar-refractivity contribution in [3.05, 3.63) is 33.3 Å². The van der Waals surface area contributed by atoms with E-state index in [1.165, 1.54) is 11.5 Å². The minimum Gasteiger partial charge on any atom is -0.478 e. The summed E-state index contributed by atoms with van der Waals surface area (Å²) in [4.78, 5) is 21.9. The van der Waals surface area contributed by atoms with Gasteiger partial charge in [0.05, 0.1) is 21.2 Å². The number of carboxylic acids is 1. The molecule has 80 valence electrons. The first-order valence-electron chi connectivity index (χ1n) is 3.64. The first-order chi connectivity index (χ1) is 6.99. The molecular weight excluding hydrogens is 245 g/mol. The SMILES string of the molecule is O=C(NO)c1ccc(Cl)c(Cl)c1C(=O)O. The largest absolute Gasteiger partial charge is 0.478 e. The monoisotopic (exact) mass is 249 g/mol. The number of carbonyl (C=O) groups is 2. The van der Waals surface area contributed by atoms with Crippen molar-refractivity contribution in [2.24, 2.45) is 0 Å². The van der Waals surface area contributed by atoms with Crippen LogP contribution in [-0.4, -0.2) is 22.2 Å². The molecule has 0 aliphatic carbocycles. The van der Waals surface area contributed by atoms with Crippen LogP contribution in [-0.2, 0) is 0 Å². The van der Waals surface area contributed by atoms with Crippen molar-refractivity contribution in [3.63, 3.8) is 0 Å². The summed E-state index contributed by atoms with van der Waals surface area (Å²) in [5.41, 5.74) is 0.606. The molecule has 0 aliphatic rings. The van der Waals surface area contributed by atoms with Gasteiger partial charge in [0.2, 0.25) is 0 Å². The molecular formula is C8H5Cl2NO4. The second kappa shape index (κ2) is 4.48. The molecule has 15 heavy (non-hydrogen) atoms. The molecule has 1 rings (SSSR count). The van der Waals surface area contributed by atoms with E-state index in [-0.39, 0.29) is 15.6 Å². The number of aromatic carboxylic acids is 1. The van der Waals surface area contributed by atoms with E-state index in [0.717, 1.165) is 6.07 Å². The van der Waals surface area contributed by atoms with Crippen molar-refractivity contribution in [1.82, 2.24) is 5.48 Å². The maximum atomic E-state index is 11.1. The summed E-state index contributed by atoms with van der Waals surface area (Å²) in [7, 11) is 0. The lowest BCUT2D eigenvalue weighted by atomic mass is 10.1. The second-order valence-electron chi connectivity index (χ2n) is 2.53. The van der Waals surface area contributed by atoms with E-state index in [9.17, 15) is 9.59 Å². The Hall–Kier alpha value is -1.30. The van der Waals surface area contributed by atoms with E-state index in [2.05, 4.69) is 0 Å². The normalized spacial score (nSPS) is 9.80. The molecule has 0 unspecified atom stereocenters. The summed E-state index contributed by atoms with van der Waals surface area (Å²) in [6.45, 7) is 0. The third-order valence-corrected chi connectivity index (χ3v) is 2.46. The van der Waals surface area contributed by atoms with E-state index in [1.54, 1.807) is 0 Å². The molecule has 3 N–H and O–H groups in total. The number of hydroxylamine groups is 1. The highest BCUT2D eigenvalue weighted by Crippen LogP contribution is 2.28. The molecule has 0 atom stereocenters.